The summed E-state index contributed by atoms with van der Waals surface area (Å²) in [6.07, 6.45) is 0.338. The Morgan fingerprint density at radius 1 is 1.26 bits per heavy atom. The van der Waals surface area contributed by atoms with Crippen molar-refractivity contribution in [1.82, 2.24) is 20.0 Å². The average Bonchev–Trinajstić information content (AvgIpc) is 2.80. The van der Waals surface area contributed by atoms with Gasteiger partial charge in [-0.1, -0.05) is 5.21 Å². The van der Waals surface area contributed by atoms with Gasteiger partial charge in [-0.2, -0.15) is 13.2 Å². The number of pyridine rings is 1. The maximum absolute atomic E-state index is 12.9. The Balaban J connectivity index is 2.40. The van der Waals surface area contributed by atoms with Crippen LogP contribution in [0.15, 0.2) is 30.9 Å². The molecule has 0 aliphatic carbocycles. The van der Waals surface area contributed by atoms with Gasteiger partial charge in [-0.05, 0) is 13.0 Å². The van der Waals surface area contributed by atoms with Crippen LogP contribution in [0.3, 0.4) is 0 Å². The number of nitrogens with zero attached hydrogens (tertiary/aromatic N) is 4. The fourth-order valence-electron chi connectivity index (χ4n) is 1.79. The fraction of sp³-hybridized carbons (Fsp3) is 0.364. The molecule has 0 aliphatic rings. The Bertz CT molecular complexity index is 551. The minimum atomic E-state index is -4.55. The summed E-state index contributed by atoms with van der Waals surface area (Å²) < 4.78 is 39.9. The van der Waals surface area contributed by atoms with Crippen LogP contribution < -0.4 is 0 Å². The SMILES string of the molecule is CC(O)(Cn1ccnn1)c1cnccc1C(F)(F)F. The van der Waals surface area contributed by atoms with E-state index in [0.717, 1.165) is 18.5 Å². The first-order valence-electron chi connectivity index (χ1n) is 5.39. The summed E-state index contributed by atoms with van der Waals surface area (Å²) >= 11 is 0. The van der Waals surface area contributed by atoms with Crippen molar-refractivity contribution in [2.24, 2.45) is 0 Å². The highest BCUT2D eigenvalue weighted by atomic mass is 19.4. The first-order valence-corrected chi connectivity index (χ1v) is 5.39. The van der Waals surface area contributed by atoms with Gasteiger partial charge in [-0.15, -0.1) is 5.10 Å². The minimum absolute atomic E-state index is 0.151. The molecule has 19 heavy (non-hydrogen) atoms. The van der Waals surface area contributed by atoms with E-state index in [0.29, 0.717) is 0 Å². The van der Waals surface area contributed by atoms with Crippen LogP contribution >= 0.6 is 0 Å². The highest BCUT2D eigenvalue weighted by molar-refractivity contribution is 5.31. The second-order valence-corrected chi connectivity index (χ2v) is 4.29. The van der Waals surface area contributed by atoms with Gasteiger partial charge >= 0.3 is 6.18 Å². The molecular weight excluding hydrogens is 261 g/mol. The topological polar surface area (TPSA) is 63.8 Å². The molecule has 0 amide bonds. The minimum Gasteiger partial charge on any atom is -0.383 e. The summed E-state index contributed by atoms with van der Waals surface area (Å²) in [7, 11) is 0. The standard InChI is InChI=1S/C11H11F3N4O/c1-10(19,7-18-5-4-16-17-18)9-6-15-3-2-8(9)11(12,13)14/h2-6,19H,7H2,1H3. The van der Waals surface area contributed by atoms with Gasteiger partial charge in [0.25, 0.3) is 0 Å². The summed E-state index contributed by atoms with van der Waals surface area (Å²) in [6, 6.07) is 0.838. The molecule has 0 radical (unpaired) electrons. The molecule has 0 aromatic carbocycles. The number of hydrogen-bond donors (Lipinski definition) is 1. The van der Waals surface area contributed by atoms with Crippen molar-refractivity contribution in [3.8, 4) is 0 Å². The van der Waals surface area contributed by atoms with Gasteiger partial charge in [0.1, 0.15) is 5.60 Å². The largest absolute Gasteiger partial charge is 0.416 e. The lowest BCUT2D eigenvalue weighted by Gasteiger charge is -2.26. The first-order chi connectivity index (χ1) is 8.81. The third-order valence-corrected chi connectivity index (χ3v) is 2.65. The lowest BCUT2D eigenvalue weighted by molar-refractivity contribution is -0.140. The third-order valence-electron chi connectivity index (χ3n) is 2.65. The van der Waals surface area contributed by atoms with Crippen LogP contribution in [0.5, 0.6) is 0 Å². The van der Waals surface area contributed by atoms with Gasteiger partial charge in [-0.3, -0.25) is 4.98 Å². The molecule has 0 fully saturated rings. The van der Waals surface area contributed by atoms with Crippen molar-refractivity contribution < 1.29 is 18.3 Å². The quantitative estimate of drug-likeness (QED) is 0.921. The first kappa shape index (κ1) is 13.5. The van der Waals surface area contributed by atoms with E-state index in [9.17, 15) is 18.3 Å². The third kappa shape index (κ3) is 2.90. The van der Waals surface area contributed by atoms with Crippen molar-refractivity contribution in [3.05, 3.63) is 42.0 Å². The van der Waals surface area contributed by atoms with Crippen molar-refractivity contribution in [2.45, 2.75) is 25.2 Å². The predicted octanol–water partition coefficient (Wildman–Crippen LogP) is 1.60. The molecule has 5 nitrogen and oxygen atoms in total. The van der Waals surface area contributed by atoms with Crippen molar-refractivity contribution in [1.29, 1.82) is 0 Å². The maximum Gasteiger partial charge on any atom is 0.416 e. The second-order valence-electron chi connectivity index (χ2n) is 4.29. The van der Waals surface area contributed by atoms with Crippen LogP contribution in [0.2, 0.25) is 0 Å². The molecule has 0 aliphatic heterocycles. The van der Waals surface area contributed by atoms with Gasteiger partial charge in [0.15, 0.2) is 0 Å². The summed E-state index contributed by atoms with van der Waals surface area (Å²) in [6.45, 7) is 1.13. The predicted molar refractivity (Wildman–Crippen MR) is 58.8 cm³/mol. The Morgan fingerprint density at radius 3 is 2.58 bits per heavy atom. The van der Waals surface area contributed by atoms with Crippen LogP contribution in [0.1, 0.15) is 18.1 Å². The molecule has 2 aromatic heterocycles. The highest BCUT2D eigenvalue weighted by Gasteiger charge is 2.39. The summed E-state index contributed by atoms with van der Waals surface area (Å²) in [5, 5.41) is 17.4. The van der Waals surface area contributed by atoms with Gasteiger partial charge < -0.3 is 5.11 Å². The van der Waals surface area contributed by atoms with E-state index in [1.165, 1.54) is 24.0 Å². The smallest absolute Gasteiger partial charge is 0.383 e. The molecule has 0 bridgehead atoms. The number of rotatable bonds is 3. The van der Waals surface area contributed by atoms with E-state index in [1.807, 2.05) is 0 Å². The zero-order valence-electron chi connectivity index (χ0n) is 9.96. The Kier molecular flexibility index (Phi) is 3.27. The number of aromatic nitrogens is 4. The van der Waals surface area contributed by atoms with E-state index in [1.54, 1.807) is 0 Å². The zero-order valence-corrected chi connectivity index (χ0v) is 9.96. The molecule has 2 aromatic rings. The Morgan fingerprint density at radius 2 is 2.00 bits per heavy atom. The van der Waals surface area contributed by atoms with E-state index < -0.39 is 17.3 Å². The van der Waals surface area contributed by atoms with Crippen LogP contribution in [0.4, 0.5) is 13.2 Å². The molecule has 0 saturated carbocycles. The van der Waals surface area contributed by atoms with Crippen molar-refractivity contribution in [2.75, 3.05) is 0 Å². The van der Waals surface area contributed by atoms with Gasteiger partial charge in [0.05, 0.1) is 18.3 Å². The van der Waals surface area contributed by atoms with Crippen LogP contribution in [0.25, 0.3) is 0 Å². The van der Waals surface area contributed by atoms with Crippen molar-refractivity contribution in [3.63, 3.8) is 0 Å². The number of halogens is 3. The maximum atomic E-state index is 12.9. The van der Waals surface area contributed by atoms with Gasteiger partial charge in [0.2, 0.25) is 0 Å². The lowest BCUT2D eigenvalue weighted by Crippen LogP contribution is -2.31. The molecule has 1 atom stereocenters. The van der Waals surface area contributed by atoms with E-state index in [2.05, 4.69) is 15.3 Å². The summed E-state index contributed by atoms with van der Waals surface area (Å²) in [5.41, 5.74) is -2.96. The number of alkyl halides is 3. The molecular formula is C11H11F3N4O. The van der Waals surface area contributed by atoms with E-state index in [-0.39, 0.29) is 12.1 Å². The molecule has 2 heterocycles. The number of hydrogen-bond acceptors (Lipinski definition) is 4. The van der Waals surface area contributed by atoms with Crippen molar-refractivity contribution >= 4 is 0 Å². The van der Waals surface area contributed by atoms with E-state index in [4.69, 9.17) is 0 Å². The molecule has 0 saturated heterocycles. The van der Waals surface area contributed by atoms with Crippen LogP contribution in [-0.4, -0.2) is 25.1 Å². The highest BCUT2D eigenvalue weighted by Crippen LogP contribution is 2.36. The molecule has 1 unspecified atom stereocenters. The fourth-order valence-corrected chi connectivity index (χ4v) is 1.79. The molecule has 102 valence electrons. The lowest BCUT2D eigenvalue weighted by atomic mass is 9.93. The molecule has 0 spiro atoms. The number of aliphatic hydroxyl groups is 1. The Hall–Kier alpha value is -1.96. The van der Waals surface area contributed by atoms with Gasteiger partial charge in [-0.25, -0.2) is 4.68 Å². The van der Waals surface area contributed by atoms with Crippen LogP contribution in [-0.2, 0) is 18.3 Å². The molecule has 8 heteroatoms. The molecule has 1 N–H and O–H groups in total. The molecule has 2 rings (SSSR count). The normalized spacial score (nSPS) is 15.2. The van der Waals surface area contributed by atoms with Crippen LogP contribution in [0, 0.1) is 0 Å². The average molecular weight is 272 g/mol. The van der Waals surface area contributed by atoms with E-state index >= 15 is 0 Å². The van der Waals surface area contributed by atoms with Gasteiger partial charge in [0, 0.05) is 24.2 Å². The second kappa shape index (κ2) is 4.61. The zero-order chi connectivity index (χ0) is 14.1. The Labute approximate surface area is 106 Å². The summed E-state index contributed by atoms with van der Waals surface area (Å²) in [4.78, 5) is 3.65. The summed E-state index contributed by atoms with van der Waals surface area (Å²) in [5.74, 6) is 0. The monoisotopic (exact) mass is 272 g/mol.